The predicted molar refractivity (Wildman–Crippen MR) is 83.4 cm³/mol. The van der Waals surface area contributed by atoms with E-state index in [2.05, 4.69) is 13.8 Å². The average molecular weight is 274 g/mol. The molecule has 1 aromatic carbocycles. The Labute approximate surface area is 122 Å². The topological polar surface area (TPSA) is 46.3 Å². The van der Waals surface area contributed by atoms with Crippen LogP contribution in [0.3, 0.4) is 0 Å². The molecule has 2 rings (SSSR count). The number of nitrogens with zero attached hydrogens (tertiary/aromatic N) is 1. The third-order valence-electron chi connectivity index (χ3n) is 4.76. The Kier molecular flexibility index (Phi) is 4.69. The summed E-state index contributed by atoms with van der Waals surface area (Å²) in [5.74, 6) is 0.283. The Bertz CT molecular complexity index is 462. The minimum Gasteiger partial charge on any atom is -0.399 e. The fourth-order valence-corrected chi connectivity index (χ4v) is 2.81. The molecule has 0 spiro atoms. The second kappa shape index (κ2) is 6.29. The van der Waals surface area contributed by atoms with Gasteiger partial charge >= 0.3 is 0 Å². The molecule has 0 saturated carbocycles. The molecule has 1 fully saturated rings. The van der Waals surface area contributed by atoms with Crippen LogP contribution < -0.4 is 5.73 Å². The maximum atomic E-state index is 12.3. The number of hydrogen-bond acceptors (Lipinski definition) is 2. The first kappa shape index (κ1) is 14.9. The van der Waals surface area contributed by atoms with Gasteiger partial charge in [0.2, 0.25) is 5.91 Å². The number of likely N-dealkylation sites (tertiary alicyclic amines) is 1. The molecule has 0 aromatic heterocycles. The molecule has 0 bridgehead atoms. The minimum absolute atomic E-state index is 0.283. The van der Waals surface area contributed by atoms with Crippen molar-refractivity contribution in [2.75, 3.05) is 18.8 Å². The molecule has 0 aliphatic carbocycles. The third kappa shape index (κ3) is 3.75. The van der Waals surface area contributed by atoms with E-state index in [1.807, 2.05) is 29.2 Å². The van der Waals surface area contributed by atoms with Gasteiger partial charge in [0.15, 0.2) is 0 Å². The molecule has 1 aliphatic rings. The Balaban J connectivity index is 1.81. The summed E-state index contributed by atoms with van der Waals surface area (Å²) in [5, 5.41) is 0. The maximum Gasteiger partial charge on any atom is 0.222 e. The number of aryl methyl sites for hydroxylation is 1. The number of nitrogens with two attached hydrogens (primary N) is 1. The Morgan fingerprint density at radius 1 is 1.35 bits per heavy atom. The SMILES string of the molecule is CCC1(C)CCN(C(=O)CCc2cccc(N)c2)CC1. The summed E-state index contributed by atoms with van der Waals surface area (Å²) >= 11 is 0. The number of rotatable bonds is 4. The van der Waals surface area contributed by atoms with Crippen molar-refractivity contribution in [3.63, 3.8) is 0 Å². The van der Waals surface area contributed by atoms with E-state index in [4.69, 9.17) is 5.73 Å². The number of benzene rings is 1. The van der Waals surface area contributed by atoms with Gasteiger partial charge < -0.3 is 10.6 Å². The lowest BCUT2D eigenvalue weighted by Crippen LogP contribution is -2.42. The van der Waals surface area contributed by atoms with Gasteiger partial charge in [0.05, 0.1) is 0 Å². The van der Waals surface area contributed by atoms with E-state index in [0.717, 1.165) is 43.6 Å². The fourth-order valence-electron chi connectivity index (χ4n) is 2.81. The summed E-state index contributed by atoms with van der Waals surface area (Å²) in [7, 11) is 0. The zero-order valence-corrected chi connectivity index (χ0v) is 12.7. The van der Waals surface area contributed by atoms with Crippen molar-refractivity contribution in [3.8, 4) is 0 Å². The molecule has 1 aromatic rings. The maximum absolute atomic E-state index is 12.3. The normalized spacial score (nSPS) is 18.0. The van der Waals surface area contributed by atoms with E-state index in [0.29, 0.717) is 11.8 Å². The minimum atomic E-state index is 0.283. The standard InChI is InChI=1S/C17H26N2O/c1-3-17(2)9-11-19(12-10-17)16(20)8-7-14-5-4-6-15(18)13-14/h4-6,13H,3,7-12,18H2,1-2H3. The van der Waals surface area contributed by atoms with Crippen molar-refractivity contribution in [2.45, 2.75) is 46.0 Å². The number of piperidine rings is 1. The van der Waals surface area contributed by atoms with Gasteiger partial charge in [0, 0.05) is 25.2 Å². The van der Waals surface area contributed by atoms with Crippen molar-refractivity contribution < 1.29 is 4.79 Å². The second-order valence-corrected chi connectivity index (χ2v) is 6.29. The van der Waals surface area contributed by atoms with E-state index in [1.165, 1.54) is 6.42 Å². The van der Waals surface area contributed by atoms with Crippen LogP contribution in [0, 0.1) is 5.41 Å². The predicted octanol–water partition coefficient (Wildman–Crippen LogP) is 3.24. The molecule has 1 saturated heterocycles. The smallest absolute Gasteiger partial charge is 0.222 e. The molecule has 0 radical (unpaired) electrons. The van der Waals surface area contributed by atoms with Crippen molar-refractivity contribution in [3.05, 3.63) is 29.8 Å². The van der Waals surface area contributed by atoms with E-state index in [1.54, 1.807) is 0 Å². The number of hydrogen-bond donors (Lipinski definition) is 1. The molecule has 0 unspecified atom stereocenters. The number of amides is 1. The quantitative estimate of drug-likeness (QED) is 0.857. The summed E-state index contributed by atoms with van der Waals surface area (Å²) in [6.45, 7) is 6.42. The highest BCUT2D eigenvalue weighted by Gasteiger charge is 2.29. The van der Waals surface area contributed by atoms with Crippen molar-refractivity contribution >= 4 is 11.6 Å². The summed E-state index contributed by atoms with van der Waals surface area (Å²) in [6.07, 6.45) is 4.84. The lowest BCUT2D eigenvalue weighted by molar-refractivity contribution is -0.133. The van der Waals surface area contributed by atoms with Crippen LogP contribution in [0.4, 0.5) is 5.69 Å². The highest BCUT2D eigenvalue weighted by Crippen LogP contribution is 2.34. The number of anilines is 1. The van der Waals surface area contributed by atoms with Gasteiger partial charge in [-0.25, -0.2) is 0 Å². The average Bonchev–Trinajstić information content (AvgIpc) is 2.46. The first-order valence-corrected chi connectivity index (χ1v) is 7.65. The molecule has 2 N–H and O–H groups in total. The summed E-state index contributed by atoms with van der Waals surface area (Å²) < 4.78 is 0. The van der Waals surface area contributed by atoms with Crippen LogP contribution in [0.2, 0.25) is 0 Å². The fraction of sp³-hybridized carbons (Fsp3) is 0.588. The van der Waals surface area contributed by atoms with Gasteiger partial charge in [0.1, 0.15) is 0 Å². The first-order valence-electron chi connectivity index (χ1n) is 7.65. The lowest BCUT2D eigenvalue weighted by Gasteiger charge is -2.39. The molecular formula is C17H26N2O. The van der Waals surface area contributed by atoms with E-state index < -0.39 is 0 Å². The Morgan fingerprint density at radius 3 is 2.65 bits per heavy atom. The van der Waals surface area contributed by atoms with Crippen molar-refractivity contribution in [2.24, 2.45) is 5.41 Å². The second-order valence-electron chi connectivity index (χ2n) is 6.29. The number of nitrogen functional groups attached to an aromatic ring is 1. The van der Waals surface area contributed by atoms with Crippen molar-refractivity contribution in [1.29, 1.82) is 0 Å². The molecule has 1 amide bonds. The summed E-state index contributed by atoms with van der Waals surface area (Å²) in [4.78, 5) is 14.3. The van der Waals surface area contributed by atoms with Crippen molar-refractivity contribution in [1.82, 2.24) is 4.90 Å². The molecule has 1 heterocycles. The van der Waals surface area contributed by atoms with Crippen LogP contribution in [0.1, 0.15) is 45.1 Å². The van der Waals surface area contributed by atoms with Crippen LogP contribution in [0.25, 0.3) is 0 Å². The zero-order chi connectivity index (χ0) is 14.6. The summed E-state index contributed by atoms with van der Waals surface area (Å²) in [6, 6.07) is 7.82. The molecular weight excluding hydrogens is 248 g/mol. The zero-order valence-electron chi connectivity index (χ0n) is 12.7. The molecule has 0 atom stereocenters. The molecule has 3 heteroatoms. The molecule has 110 valence electrons. The largest absolute Gasteiger partial charge is 0.399 e. The van der Waals surface area contributed by atoms with Crippen LogP contribution in [-0.4, -0.2) is 23.9 Å². The Morgan fingerprint density at radius 2 is 2.05 bits per heavy atom. The molecule has 20 heavy (non-hydrogen) atoms. The monoisotopic (exact) mass is 274 g/mol. The lowest BCUT2D eigenvalue weighted by atomic mass is 9.78. The van der Waals surface area contributed by atoms with Gasteiger partial charge in [-0.3, -0.25) is 4.79 Å². The highest BCUT2D eigenvalue weighted by atomic mass is 16.2. The first-order chi connectivity index (χ1) is 9.52. The van der Waals surface area contributed by atoms with E-state index in [9.17, 15) is 4.79 Å². The van der Waals surface area contributed by atoms with Crippen LogP contribution in [0.15, 0.2) is 24.3 Å². The molecule has 1 aliphatic heterocycles. The molecule has 3 nitrogen and oxygen atoms in total. The number of carbonyl (C=O) groups is 1. The van der Waals surface area contributed by atoms with Crippen LogP contribution in [0.5, 0.6) is 0 Å². The van der Waals surface area contributed by atoms with Gasteiger partial charge in [-0.15, -0.1) is 0 Å². The van der Waals surface area contributed by atoms with E-state index >= 15 is 0 Å². The number of carbonyl (C=O) groups excluding carboxylic acids is 1. The van der Waals surface area contributed by atoms with Gasteiger partial charge in [-0.2, -0.15) is 0 Å². The van der Waals surface area contributed by atoms with Crippen LogP contribution in [-0.2, 0) is 11.2 Å². The highest BCUT2D eigenvalue weighted by molar-refractivity contribution is 5.76. The van der Waals surface area contributed by atoms with Crippen LogP contribution >= 0.6 is 0 Å². The van der Waals surface area contributed by atoms with Gasteiger partial charge in [-0.1, -0.05) is 32.4 Å². The third-order valence-corrected chi connectivity index (χ3v) is 4.76. The van der Waals surface area contributed by atoms with Gasteiger partial charge in [0.25, 0.3) is 0 Å². The Hall–Kier alpha value is -1.51. The van der Waals surface area contributed by atoms with Gasteiger partial charge in [-0.05, 0) is 42.4 Å². The summed E-state index contributed by atoms with van der Waals surface area (Å²) in [5.41, 5.74) is 8.11. The van der Waals surface area contributed by atoms with E-state index in [-0.39, 0.29) is 5.91 Å².